The monoisotopic (exact) mass is 295 g/mol. The summed E-state index contributed by atoms with van der Waals surface area (Å²) in [6.07, 6.45) is 2.59. The number of aryl methyl sites for hydroxylation is 2. The van der Waals surface area contributed by atoms with E-state index >= 15 is 0 Å². The lowest BCUT2D eigenvalue weighted by Gasteiger charge is -2.18. The SMILES string of the molecule is CC[C@@H](Nc1ncnc2c(C)nn(CC)c12)c1ccccc1. The highest BCUT2D eigenvalue weighted by Gasteiger charge is 2.16. The van der Waals surface area contributed by atoms with Gasteiger partial charge in [-0.1, -0.05) is 37.3 Å². The van der Waals surface area contributed by atoms with Crippen LogP contribution >= 0.6 is 0 Å². The number of benzene rings is 1. The van der Waals surface area contributed by atoms with Crippen LogP contribution in [0.3, 0.4) is 0 Å². The van der Waals surface area contributed by atoms with Gasteiger partial charge in [0.2, 0.25) is 0 Å². The number of anilines is 1. The van der Waals surface area contributed by atoms with Crippen LogP contribution in [0.15, 0.2) is 36.7 Å². The maximum Gasteiger partial charge on any atom is 0.156 e. The van der Waals surface area contributed by atoms with Gasteiger partial charge in [-0.25, -0.2) is 9.97 Å². The smallest absolute Gasteiger partial charge is 0.156 e. The number of aromatic nitrogens is 4. The Morgan fingerprint density at radius 2 is 1.91 bits per heavy atom. The number of fused-ring (bicyclic) bond motifs is 1. The Bertz CT molecular complexity index is 763. The summed E-state index contributed by atoms with van der Waals surface area (Å²) in [5.74, 6) is 0.850. The quantitative estimate of drug-likeness (QED) is 0.779. The van der Waals surface area contributed by atoms with Crippen LogP contribution in [0.5, 0.6) is 0 Å². The van der Waals surface area contributed by atoms with Crippen molar-refractivity contribution >= 4 is 16.9 Å². The first-order valence-corrected chi connectivity index (χ1v) is 7.74. The third-order valence-corrected chi connectivity index (χ3v) is 3.91. The third-order valence-electron chi connectivity index (χ3n) is 3.91. The fourth-order valence-corrected chi connectivity index (χ4v) is 2.77. The molecular weight excluding hydrogens is 274 g/mol. The van der Waals surface area contributed by atoms with Crippen molar-refractivity contribution in [2.24, 2.45) is 0 Å². The molecule has 0 amide bonds. The number of rotatable bonds is 5. The summed E-state index contributed by atoms with van der Waals surface area (Å²) in [7, 11) is 0. The molecule has 22 heavy (non-hydrogen) atoms. The van der Waals surface area contributed by atoms with E-state index in [-0.39, 0.29) is 6.04 Å². The van der Waals surface area contributed by atoms with Gasteiger partial charge in [0.15, 0.2) is 5.82 Å². The lowest BCUT2D eigenvalue weighted by atomic mass is 10.0. The summed E-state index contributed by atoms with van der Waals surface area (Å²) in [4.78, 5) is 8.84. The Balaban J connectivity index is 2.03. The van der Waals surface area contributed by atoms with Crippen molar-refractivity contribution in [1.29, 1.82) is 0 Å². The second-order valence-corrected chi connectivity index (χ2v) is 5.34. The molecule has 0 radical (unpaired) electrons. The molecular formula is C17H21N5. The summed E-state index contributed by atoms with van der Waals surface area (Å²) in [6, 6.07) is 10.7. The second-order valence-electron chi connectivity index (χ2n) is 5.34. The van der Waals surface area contributed by atoms with Crippen LogP contribution in [-0.2, 0) is 6.54 Å². The van der Waals surface area contributed by atoms with E-state index in [2.05, 4.69) is 58.5 Å². The molecule has 5 heteroatoms. The third kappa shape index (κ3) is 2.54. The van der Waals surface area contributed by atoms with E-state index in [1.54, 1.807) is 6.33 Å². The first-order chi connectivity index (χ1) is 10.7. The molecule has 3 rings (SSSR count). The summed E-state index contributed by atoms with van der Waals surface area (Å²) in [5, 5.41) is 8.11. The van der Waals surface area contributed by atoms with Crippen molar-refractivity contribution < 1.29 is 0 Å². The van der Waals surface area contributed by atoms with Gasteiger partial charge in [0.1, 0.15) is 17.4 Å². The Hall–Kier alpha value is -2.43. The molecule has 2 heterocycles. The lowest BCUT2D eigenvalue weighted by molar-refractivity contribution is 0.673. The molecule has 1 N–H and O–H groups in total. The Kier molecular flexibility index (Phi) is 4.04. The van der Waals surface area contributed by atoms with Crippen LogP contribution < -0.4 is 5.32 Å². The van der Waals surface area contributed by atoms with E-state index in [0.717, 1.165) is 35.5 Å². The van der Waals surface area contributed by atoms with Crippen LogP contribution in [-0.4, -0.2) is 19.7 Å². The van der Waals surface area contributed by atoms with Crippen molar-refractivity contribution in [2.45, 2.75) is 39.8 Å². The molecule has 0 saturated heterocycles. The van der Waals surface area contributed by atoms with E-state index in [1.165, 1.54) is 5.56 Å². The average Bonchev–Trinajstić information content (AvgIpc) is 2.90. The first kappa shape index (κ1) is 14.5. The van der Waals surface area contributed by atoms with E-state index in [4.69, 9.17) is 0 Å². The fourth-order valence-electron chi connectivity index (χ4n) is 2.77. The highest BCUT2D eigenvalue weighted by atomic mass is 15.3. The zero-order chi connectivity index (χ0) is 15.5. The van der Waals surface area contributed by atoms with Crippen molar-refractivity contribution in [1.82, 2.24) is 19.7 Å². The van der Waals surface area contributed by atoms with Gasteiger partial charge in [0.25, 0.3) is 0 Å². The standard InChI is InChI=1S/C17H21N5/c1-4-14(13-9-7-6-8-10-13)20-17-16-15(18-11-19-17)12(3)21-22(16)5-2/h6-11,14H,4-5H2,1-3H3,(H,18,19,20)/t14-/m1/s1. The maximum atomic E-state index is 4.55. The van der Waals surface area contributed by atoms with Crippen LogP contribution in [0.25, 0.3) is 11.0 Å². The minimum atomic E-state index is 0.222. The fraction of sp³-hybridized carbons (Fsp3) is 0.353. The molecule has 0 fully saturated rings. The molecule has 3 aromatic rings. The van der Waals surface area contributed by atoms with Crippen LogP contribution in [0, 0.1) is 6.92 Å². The van der Waals surface area contributed by atoms with Crippen molar-refractivity contribution in [3.8, 4) is 0 Å². The molecule has 1 atom stereocenters. The molecule has 114 valence electrons. The van der Waals surface area contributed by atoms with Gasteiger partial charge in [-0.2, -0.15) is 5.10 Å². The van der Waals surface area contributed by atoms with E-state index in [9.17, 15) is 0 Å². The predicted octanol–water partition coefficient (Wildman–Crippen LogP) is 3.72. The molecule has 5 nitrogen and oxygen atoms in total. The van der Waals surface area contributed by atoms with Crippen LogP contribution in [0.4, 0.5) is 5.82 Å². The average molecular weight is 295 g/mol. The van der Waals surface area contributed by atoms with Gasteiger partial charge in [0, 0.05) is 6.54 Å². The van der Waals surface area contributed by atoms with Crippen LogP contribution in [0.2, 0.25) is 0 Å². The number of nitrogens with one attached hydrogen (secondary N) is 1. The summed E-state index contributed by atoms with van der Waals surface area (Å²) in [6.45, 7) is 7.04. The number of hydrogen-bond acceptors (Lipinski definition) is 4. The normalized spacial score (nSPS) is 12.5. The van der Waals surface area contributed by atoms with E-state index in [0.29, 0.717) is 0 Å². The zero-order valence-corrected chi connectivity index (χ0v) is 13.2. The lowest BCUT2D eigenvalue weighted by Crippen LogP contribution is -2.12. The molecule has 0 unspecified atom stereocenters. The molecule has 0 spiro atoms. The van der Waals surface area contributed by atoms with E-state index < -0.39 is 0 Å². The van der Waals surface area contributed by atoms with E-state index in [1.807, 2.05) is 17.7 Å². The van der Waals surface area contributed by atoms with Gasteiger partial charge >= 0.3 is 0 Å². The Morgan fingerprint density at radius 3 is 2.59 bits per heavy atom. The minimum absolute atomic E-state index is 0.222. The molecule has 2 aromatic heterocycles. The Morgan fingerprint density at radius 1 is 1.14 bits per heavy atom. The molecule has 0 aliphatic carbocycles. The number of nitrogens with zero attached hydrogens (tertiary/aromatic N) is 4. The Labute approximate surface area is 130 Å². The highest BCUT2D eigenvalue weighted by molar-refractivity contribution is 5.87. The molecule has 0 saturated carbocycles. The molecule has 0 aliphatic heterocycles. The van der Waals surface area contributed by atoms with Crippen molar-refractivity contribution in [3.05, 3.63) is 47.9 Å². The first-order valence-electron chi connectivity index (χ1n) is 7.74. The van der Waals surface area contributed by atoms with Gasteiger partial charge in [-0.05, 0) is 25.8 Å². The van der Waals surface area contributed by atoms with Crippen molar-refractivity contribution in [3.63, 3.8) is 0 Å². The topological polar surface area (TPSA) is 55.6 Å². The molecule has 0 aliphatic rings. The zero-order valence-electron chi connectivity index (χ0n) is 13.2. The second kappa shape index (κ2) is 6.13. The minimum Gasteiger partial charge on any atom is -0.361 e. The molecule has 1 aromatic carbocycles. The van der Waals surface area contributed by atoms with Crippen molar-refractivity contribution in [2.75, 3.05) is 5.32 Å². The van der Waals surface area contributed by atoms with Gasteiger partial charge in [-0.15, -0.1) is 0 Å². The number of hydrogen-bond donors (Lipinski definition) is 1. The van der Waals surface area contributed by atoms with Gasteiger partial charge in [-0.3, -0.25) is 4.68 Å². The summed E-state index contributed by atoms with van der Waals surface area (Å²) >= 11 is 0. The largest absolute Gasteiger partial charge is 0.361 e. The maximum absolute atomic E-state index is 4.55. The summed E-state index contributed by atoms with van der Waals surface area (Å²) in [5.41, 5.74) is 4.10. The van der Waals surface area contributed by atoms with Crippen LogP contribution in [0.1, 0.15) is 37.6 Å². The molecule has 0 bridgehead atoms. The van der Waals surface area contributed by atoms with Gasteiger partial charge < -0.3 is 5.32 Å². The van der Waals surface area contributed by atoms with Gasteiger partial charge in [0.05, 0.1) is 11.7 Å². The summed E-state index contributed by atoms with van der Waals surface area (Å²) < 4.78 is 1.96. The predicted molar refractivity (Wildman–Crippen MR) is 88.8 cm³/mol. The highest BCUT2D eigenvalue weighted by Crippen LogP contribution is 2.27.